The molecule has 2 heterocycles. The van der Waals surface area contributed by atoms with Crippen LogP contribution >= 0.6 is 0 Å². The number of aromatic nitrogens is 1. The first-order valence-corrected chi connectivity index (χ1v) is 13.4. The Labute approximate surface area is 208 Å². The maximum absolute atomic E-state index is 12.6. The molecule has 7 heteroatoms. The third kappa shape index (κ3) is 7.40. The number of hydrogen-bond donors (Lipinski definition) is 2. The Balaban J connectivity index is 1.26. The lowest BCUT2D eigenvalue weighted by Gasteiger charge is -2.23. The molecule has 0 spiro atoms. The molecule has 1 amide bonds. The van der Waals surface area contributed by atoms with Crippen molar-refractivity contribution in [2.24, 2.45) is 5.92 Å². The van der Waals surface area contributed by atoms with E-state index in [1.54, 1.807) is 0 Å². The Morgan fingerprint density at radius 2 is 1.86 bits per heavy atom. The highest BCUT2D eigenvalue weighted by Crippen LogP contribution is 2.33. The number of carboxylic acid groups (broad SMARTS) is 1. The molecule has 0 radical (unpaired) electrons. The van der Waals surface area contributed by atoms with Crippen molar-refractivity contribution in [3.05, 3.63) is 53.2 Å². The molecule has 1 aliphatic carbocycles. The molecule has 4 rings (SSSR count). The molecule has 190 valence electrons. The molecule has 2 aliphatic rings. The minimum Gasteiger partial charge on any atom is -0.481 e. The number of carbonyl (C=O) groups excluding carboxylic acids is 1. The van der Waals surface area contributed by atoms with E-state index in [0.29, 0.717) is 31.1 Å². The number of benzene rings is 1. The molecule has 1 saturated heterocycles. The van der Waals surface area contributed by atoms with Gasteiger partial charge >= 0.3 is 5.97 Å². The van der Waals surface area contributed by atoms with Gasteiger partial charge in [0.05, 0.1) is 6.04 Å². The van der Waals surface area contributed by atoms with E-state index in [1.165, 1.54) is 51.2 Å². The minimum atomic E-state index is -0.784. The number of carboxylic acids is 1. The number of carbonyl (C=O) groups is 2. The summed E-state index contributed by atoms with van der Waals surface area (Å²) in [5.41, 5.74) is 2.55. The van der Waals surface area contributed by atoms with Crippen LogP contribution in [0.2, 0.25) is 0 Å². The largest absolute Gasteiger partial charge is 0.481 e. The molecule has 2 aromatic rings. The Hall–Kier alpha value is -2.67. The number of aryl methyl sites for hydroxylation is 1. The van der Waals surface area contributed by atoms with E-state index in [1.807, 2.05) is 18.2 Å². The highest BCUT2D eigenvalue weighted by molar-refractivity contribution is 5.91. The summed E-state index contributed by atoms with van der Waals surface area (Å²) in [7, 11) is 0. The lowest BCUT2D eigenvalue weighted by Crippen LogP contribution is -2.26. The molecule has 2 fully saturated rings. The van der Waals surface area contributed by atoms with Crippen molar-refractivity contribution >= 4 is 11.9 Å². The van der Waals surface area contributed by atoms with Crippen LogP contribution in [0.1, 0.15) is 104 Å². The SMILES string of the molecule is O=C(O)CCc1ccccc1CN1CCCC1c1nc(C(=O)NCCCCC2CCCCC2)co1. The first-order chi connectivity index (χ1) is 17.1. The Kier molecular flexibility index (Phi) is 9.35. The van der Waals surface area contributed by atoms with Crippen LogP contribution in [0.5, 0.6) is 0 Å². The van der Waals surface area contributed by atoms with Crippen LogP contribution in [0.25, 0.3) is 0 Å². The molecule has 0 bridgehead atoms. The second-order valence-electron chi connectivity index (χ2n) is 10.1. The van der Waals surface area contributed by atoms with E-state index in [9.17, 15) is 9.59 Å². The second kappa shape index (κ2) is 12.9. The molecule has 1 aromatic heterocycles. The van der Waals surface area contributed by atoms with Gasteiger partial charge in [0.2, 0.25) is 5.89 Å². The summed E-state index contributed by atoms with van der Waals surface area (Å²) in [6, 6.07) is 8.05. The molecule has 35 heavy (non-hydrogen) atoms. The van der Waals surface area contributed by atoms with Crippen molar-refractivity contribution in [3.63, 3.8) is 0 Å². The van der Waals surface area contributed by atoms with Gasteiger partial charge < -0.3 is 14.8 Å². The quantitative estimate of drug-likeness (QED) is 0.388. The highest BCUT2D eigenvalue weighted by Gasteiger charge is 2.31. The first kappa shape index (κ1) is 25.4. The summed E-state index contributed by atoms with van der Waals surface area (Å²) in [6.45, 7) is 2.31. The predicted octanol–water partition coefficient (Wildman–Crippen LogP) is 5.51. The van der Waals surface area contributed by atoms with Crippen LogP contribution in [-0.2, 0) is 17.8 Å². The topological polar surface area (TPSA) is 95.7 Å². The smallest absolute Gasteiger partial charge is 0.303 e. The van der Waals surface area contributed by atoms with E-state index < -0.39 is 5.97 Å². The summed E-state index contributed by atoms with van der Waals surface area (Å²) in [5, 5.41) is 12.1. The average Bonchev–Trinajstić information content (AvgIpc) is 3.53. The minimum absolute atomic E-state index is 0.0274. The molecule has 2 N–H and O–H groups in total. The van der Waals surface area contributed by atoms with E-state index in [2.05, 4.69) is 21.3 Å². The zero-order chi connectivity index (χ0) is 24.5. The summed E-state index contributed by atoms with van der Waals surface area (Å²) in [4.78, 5) is 30.5. The van der Waals surface area contributed by atoms with Crippen molar-refractivity contribution in [2.75, 3.05) is 13.1 Å². The Bertz CT molecular complexity index is 967. The number of nitrogens with one attached hydrogen (secondary N) is 1. The van der Waals surface area contributed by atoms with Crippen molar-refractivity contribution in [1.29, 1.82) is 0 Å². The Morgan fingerprint density at radius 1 is 1.06 bits per heavy atom. The standard InChI is InChI=1S/C28H39N3O4/c32-26(33)16-15-22-12-4-5-13-23(22)19-31-18-8-14-25(31)28-30-24(20-35-28)27(34)29-17-7-6-11-21-9-2-1-3-10-21/h4-5,12-13,20-21,25H,1-3,6-11,14-19H2,(H,29,34)(H,32,33). The number of aliphatic carboxylic acids is 1. The number of unbranched alkanes of at least 4 members (excludes halogenated alkanes) is 1. The van der Waals surface area contributed by atoms with E-state index in [4.69, 9.17) is 9.52 Å². The summed E-state index contributed by atoms with van der Waals surface area (Å²) in [6.07, 6.45) is 14.4. The van der Waals surface area contributed by atoms with Gasteiger partial charge in [-0.3, -0.25) is 14.5 Å². The van der Waals surface area contributed by atoms with Gasteiger partial charge in [0.25, 0.3) is 5.91 Å². The fourth-order valence-electron chi connectivity index (χ4n) is 5.58. The molecule has 7 nitrogen and oxygen atoms in total. The van der Waals surface area contributed by atoms with Crippen LogP contribution in [0.4, 0.5) is 0 Å². The van der Waals surface area contributed by atoms with Crippen molar-refractivity contribution in [1.82, 2.24) is 15.2 Å². The maximum Gasteiger partial charge on any atom is 0.303 e. The predicted molar refractivity (Wildman–Crippen MR) is 134 cm³/mol. The molecule has 1 atom stereocenters. The van der Waals surface area contributed by atoms with Crippen molar-refractivity contribution < 1.29 is 19.1 Å². The van der Waals surface area contributed by atoms with Crippen LogP contribution in [0, 0.1) is 5.92 Å². The first-order valence-electron chi connectivity index (χ1n) is 13.4. The van der Waals surface area contributed by atoms with Crippen molar-refractivity contribution in [2.45, 2.75) is 89.6 Å². The van der Waals surface area contributed by atoms with Gasteiger partial charge in [0.15, 0.2) is 5.69 Å². The molecule has 1 aromatic carbocycles. The third-order valence-corrected chi connectivity index (χ3v) is 7.55. The molecule has 1 aliphatic heterocycles. The fourth-order valence-corrected chi connectivity index (χ4v) is 5.58. The van der Waals surface area contributed by atoms with Gasteiger partial charge in [0.1, 0.15) is 6.26 Å². The van der Waals surface area contributed by atoms with E-state index in [0.717, 1.165) is 42.9 Å². The summed E-state index contributed by atoms with van der Waals surface area (Å²) in [5.74, 6) is 0.527. The van der Waals surface area contributed by atoms with Gasteiger partial charge in [-0.1, -0.05) is 69.2 Å². The van der Waals surface area contributed by atoms with Gasteiger partial charge in [-0.15, -0.1) is 0 Å². The fraction of sp³-hybridized carbons (Fsp3) is 0.607. The normalized spacial score (nSPS) is 19.1. The number of rotatable bonds is 12. The third-order valence-electron chi connectivity index (χ3n) is 7.55. The van der Waals surface area contributed by atoms with E-state index in [-0.39, 0.29) is 18.4 Å². The van der Waals surface area contributed by atoms with Gasteiger partial charge in [-0.05, 0) is 49.3 Å². The number of nitrogens with zero attached hydrogens (tertiary/aromatic N) is 2. The number of hydrogen-bond acceptors (Lipinski definition) is 5. The zero-order valence-corrected chi connectivity index (χ0v) is 20.7. The summed E-state index contributed by atoms with van der Waals surface area (Å²) >= 11 is 0. The van der Waals surface area contributed by atoms with Crippen LogP contribution in [0.3, 0.4) is 0 Å². The van der Waals surface area contributed by atoms with E-state index >= 15 is 0 Å². The Morgan fingerprint density at radius 3 is 2.66 bits per heavy atom. The lowest BCUT2D eigenvalue weighted by molar-refractivity contribution is -0.136. The molecule has 1 saturated carbocycles. The van der Waals surface area contributed by atoms with Crippen molar-refractivity contribution in [3.8, 4) is 0 Å². The van der Waals surface area contributed by atoms with Crippen LogP contribution < -0.4 is 5.32 Å². The monoisotopic (exact) mass is 481 g/mol. The van der Waals surface area contributed by atoms with Crippen LogP contribution in [-0.4, -0.2) is 40.0 Å². The second-order valence-corrected chi connectivity index (χ2v) is 10.1. The number of likely N-dealkylation sites (tertiary alicyclic amines) is 1. The van der Waals surface area contributed by atoms with Gasteiger partial charge in [-0.25, -0.2) is 4.98 Å². The molecular formula is C28H39N3O4. The average molecular weight is 482 g/mol. The highest BCUT2D eigenvalue weighted by atomic mass is 16.4. The molecule has 1 unspecified atom stereocenters. The number of amides is 1. The lowest BCUT2D eigenvalue weighted by atomic mass is 9.86. The molecular weight excluding hydrogens is 442 g/mol. The van der Waals surface area contributed by atoms with Gasteiger partial charge in [-0.2, -0.15) is 0 Å². The van der Waals surface area contributed by atoms with Crippen LogP contribution in [0.15, 0.2) is 34.9 Å². The number of oxazole rings is 1. The van der Waals surface area contributed by atoms with Gasteiger partial charge in [0, 0.05) is 19.5 Å². The summed E-state index contributed by atoms with van der Waals surface area (Å²) < 4.78 is 5.76. The zero-order valence-electron chi connectivity index (χ0n) is 20.7. The maximum atomic E-state index is 12.6.